The predicted octanol–water partition coefficient (Wildman–Crippen LogP) is 5.59. The van der Waals surface area contributed by atoms with Crippen molar-refractivity contribution < 1.29 is 24.2 Å². The van der Waals surface area contributed by atoms with E-state index >= 15 is 0 Å². The summed E-state index contributed by atoms with van der Waals surface area (Å²) in [6.07, 6.45) is 2.15. The summed E-state index contributed by atoms with van der Waals surface area (Å²) < 4.78 is 5.70. The number of carboxylic acids is 1. The predicted molar refractivity (Wildman–Crippen MR) is 148 cm³/mol. The summed E-state index contributed by atoms with van der Waals surface area (Å²) in [5, 5.41) is 12.1. The lowest BCUT2D eigenvalue weighted by Gasteiger charge is -2.24. The third kappa shape index (κ3) is 6.48. The number of ether oxygens (including phenoxy) is 1. The molecule has 2 amide bonds. The monoisotopic (exact) mass is 526 g/mol. The lowest BCUT2D eigenvalue weighted by Crippen LogP contribution is -2.35. The van der Waals surface area contributed by atoms with Crippen molar-refractivity contribution in [3.63, 3.8) is 0 Å². The van der Waals surface area contributed by atoms with E-state index in [1.807, 2.05) is 54.6 Å². The molecular weight excluding hydrogens is 492 g/mol. The molecule has 2 aliphatic carbocycles. The highest BCUT2D eigenvalue weighted by molar-refractivity contribution is 5.79. The topological polar surface area (TPSA) is 95.9 Å². The van der Waals surface area contributed by atoms with Gasteiger partial charge in [-0.25, -0.2) is 4.79 Å². The quantitative estimate of drug-likeness (QED) is 0.359. The molecule has 2 atom stereocenters. The van der Waals surface area contributed by atoms with Gasteiger partial charge in [0.2, 0.25) is 5.91 Å². The van der Waals surface area contributed by atoms with Crippen molar-refractivity contribution in [1.29, 1.82) is 0 Å². The van der Waals surface area contributed by atoms with Gasteiger partial charge >= 0.3 is 12.1 Å². The molecule has 2 N–H and O–H groups in total. The van der Waals surface area contributed by atoms with E-state index in [2.05, 4.69) is 29.6 Å². The molecule has 2 aliphatic rings. The number of aliphatic carboxylic acids is 1. The van der Waals surface area contributed by atoms with Gasteiger partial charge in [-0.1, -0.05) is 78.9 Å². The number of alkyl carbamates (subject to hydrolysis) is 1. The van der Waals surface area contributed by atoms with E-state index in [0.717, 1.165) is 18.4 Å². The fourth-order valence-corrected chi connectivity index (χ4v) is 5.90. The molecule has 0 aromatic heterocycles. The number of fused-ring (bicyclic) bond motifs is 3. The third-order valence-electron chi connectivity index (χ3n) is 7.83. The fourth-order valence-electron chi connectivity index (χ4n) is 5.90. The van der Waals surface area contributed by atoms with E-state index in [9.17, 15) is 14.4 Å². The highest BCUT2D eigenvalue weighted by Gasteiger charge is 2.31. The van der Waals surface area contributed by atoms with Gasteiger partial charge in [-0.15, -0.1) is 0 Å². The molecule has 0 saturated heterocycles. The number of rotatable bonds is 10. The Labute approximate surface area is 228 Å². The average molecular weight is 527 g/mol. The minimum atomic E-state index is -0.922. The van der Waals surface area contributed by atoms with Crippen LogP contribution in [-0.4, -0.2) is 47.2 Å². The van der Waals surface area contributed by atoms with Crippen LogP contribution in [0.3, 0.4) is 0 Å². The van der Waals surface area contributed by atoms with Crippen LogP contribution in [0.1, 0.15) is 54.7 Å². The van der Waals surface area contributed by atoms with Crippen LogP contribution in [-0.2, 0) is 20.9 Å². The van der Waals surface area contributed by atoms with Crippen molar-refractivity contribution in [1.82, 2.24) is 10.2 Å². The summed E-state index contributed by atoms with van der Waals surface area (Å²) in [4.78, 5) is 38.6. The minimum Gasteiger partial charge on any atom is -0.481 e. The summed E-state index contributed by atoms with van der Waals surface area (Å²) in [6, 6.07) is 26.0. The van der Waals surface area contributed by atoms with Crippen molar-refractivity contribution in [2.75, 3.05) is 13.2 Å². The van der Waals surface area contributed by atoms with E-state index in [-0.39, 0.29) is 43.4 Å². The number of amides is 2. The van der Waals surface area contributed by atoms with Crippen LogP contribution in [0.15, 0.2) is 78.9 Å². The van der Waals surface area contributed by atoms with Crippen molar-refractivity contribution in [3.05, 3.63) is 95.6 Å². The second-order valence-corrected chi connectivity index (χ2v) is 10.5. The Hall–Kier alpha value is -4.13. The number of hydrogen-bond donors (Lipinski definition) is 2. The molecule has 7 nitrogen and oxygen atoms in total. The molecule has 5 rings (SSSR count). The van der Waals surface area contributed by atoms with Gasteiger partial charge in [0, 0.05) is 31.5 Å². The molecule has 1 fully saturated rings. The van der Waals surface area contributed by atoms with Gasteiger partial charge in [0.05, 0.1) is 6.42 Å². The van der Waals surface area contributed by atoms with E-state index in [0.29, 0.717) is 19.4 Å². The molecule has 0 spiro atoms. The van der Waals surface area contributed by atoms with Crippen LogP contribution in [0.4, 0.5) is 4.79 Å². The van der Waals surface area contributed by atoms with Crippen LogP contribution >= 0.6 is 0 Å². The Kier molecular flexibility index (Phi) is 8.25. The first-order chi connectivity index (χ1) is 19.0. The van der Waals surface area contributed by atoms with E-state index < -0.39 is 12.1 Å². The van der Waals surface area contributed by atoms with Crippen LogP contribution in [0, 0.1) is 5.92 Å². The number of carbonyl (C=O) groups is 3. The van der Waals surface area contributed by atoms with Crippen molar-refractivity contribution in [3.8, 4) is 11.1 Å². The van der Waals surface area contributed by atoms with Crippen molar-refractivity contribution in [2.24, 2.45) is 5.92 Å². The fraction of sp³-hybridized carbons (Fsp3) is 0.344. The Morgan fingerprint density at radius 1 is 0.872 bits per heavy atom. The van der Waals surface area contributed by atoms with E-state index in [4.69, 9.17) is 9.84 Å². The van der Waals surface area contributed by atoms with Crippen LogP contribution in [0.5, 0.6) is 0 Å². The SMILES string of the molecule is O=C(O)CCN(Cc1ccccc1)C(=O)C[C@@H]1CC[C@H](NC(=O)OCC2c3ccccc3-c3ccccc32)C1. The molecule has 7 heteroatoms. The Balaban J connectivity index is 1.12. The van der Waals surface area contributed by atoms with Crippen LogP contribution in [0.2, 0.25) is 0 Å². The number of carbonyl (C=O) groups excluding carboxylic acids is 2. The standard InChI is InChI=1S/C32H34N2O5/c35-30(34(17-16-31(36)37)20-22-8-2-1-3-9-22)19-23-14-15-24(18-23)33-32(38)39-21-29-27-12-6-4-10-25(27)26-11-5-7-13-28(26)29/h1-13,23-24,29H,14-21H2,(H,33,38)(H,36,37)/t23-,24+/m1/s1. The Morgan fingerprint density at radius 3 is 2.18 bits per heavy atom. The van der Waals surface area contributed by atoms with Gasteiger partial charge in [-0.05, 0) is 53.0 Å². The van der Waals surface area contributed by atoms with Gasteiger partial charge in [0.15, 0.2) is 0 Å². The minimum absolute atomic E-state index is 0.0125. The number of nitrogens with zero attached hydrogens (tertiary/aromatic N) is 1. The normalized spacial score (nSPS) is 17.7. The maximum Gasteiger partial charge on any atom is 0.407 e. The number of benzene rings is 3. The molecule has 3 aromatic carbocycles. The highest BCUT2D eigenvalue weighted by atomic mass is 16.5. The van der Waals surface area contributed by atoms with Crippen LogP contribution < -0.4 is 5.32 Å². The smallest absolute Gasteiger partial charge is 0.407 e. The molecule has 0 aliphatic heterocycles. The molecule has 0 heterocycles. The zero-order valence-corrected chi connectivity index (χ0v) is 21.9. The lowest BCUT2D eigenvalue weighted by atomic mass is 9.98. The lowest BCUT2D eigenvalue weighted by molar-refractivity contribution is -0.139. The number of carboxylic acid groups (broad SMARTS) is 1. The van der Waals surface area contributed by atoms with E-state index in [1.165, 1.54) is 22.3 Å². The van der Waals surface area contributed by atoms with Gasteiger partial charge in [0.25, 0.3) is 0 Å². The molecule has 1 saturated carbocycles. The average Bonchev–Trinajstić information content (AvgIpc) is 3.51. The number of hydrogen-bond acceptors (Lipinski definition) is 4. The number of nitrogens with one attached hydrogen (secondary N) is 1. The second kappa shape index (κ2) is 12.2. The molecule has 0 bridgehead atoms. The highest BCUT2D eigenvalue weighted by Crippen LogP contribution is 2.44. The zero-order chi connectivity index (χ0) is 27.2. The van der Waals surface area contributed by atoms with Gasteiger partial charge < -0.3 is 20.1 Å². The first kappa shape index (κ1) is 26.5. The van der Waals surface area contributed by atoms with E-state index in [1.54, 1.807) is 4.90 Å². The molecular formula is C32H34N2O5. The maximum atomic E-state index is 13.1. The second-order valence-electron chi connectivity index (χ2n) is 10.5. The summed E-state index contributed by atoms with van der Waals surface area (Å²) in [5.41, 5.74) is 5.70. The molecule has 0 unspecified atom stereocenters. The Morgan fingerprint density at radius 2 is 1.51 bits per heavy atom. The van der Waals surface area contributed by atoms with Gasteiger partial charge in [0.1, 0.15) is 6.61 Å². The molecule has 3 aromatic rings. The molecule has 39 heavy (non-hydrogen) atoms. The first-order valence-electron chi connectivity index (χ1n) is 13.6. The molecule has 0 radical (unpaired) electrons. The third-order valence-corrected chi connectivity index (χ3v) is 7.83. The largest absolute Gasteiger partial charge is 0.481 e. The van der Waals surface area contributed by atoms with Crippen molar-refractivity contribution >= 4 is 18.0 Å². The summed E-state index contributed by atoms with van der Waals surface area (Å²) in [6.45, 7) is 0.838. The van der Waals surface area contributed by atoms with Gasteiger partial charge in [-0.2, -0.15) is 0 Å². The van der Waals surface area contributed by atoms with Crippen LogP contribution in [0.25, 0.3) is 11.1 Å². The first-order valence-corrected chi connectivity index (χ1v) is 13.6. The maximum absolute atomic E-state index is 13.1. The zero-order valence-electron chi connectivity index (χ0n) is 21.9. The molecule has 202 valence electrons. The summed E-state index contributed by atoms with van der Waals surface area (Å²) in [7, 11) is 0. The van der Waals surface area contributed by atoms with Gasteiger partial charge in [-0.3, -0.25) is 9.59 Å². The summed E-state index contributed by atoms with van der Waals surface area (Å²) in [5.74, 6) is -0.820. The van der Waals surface area contributed by atoms with Crippen molar-refractivity contribution in [2.45, 2.75) is 50.6 Å². The Bertz CT molecular complexity index is 1280. The summed E-state index contributed by atoms with van der Waals surface area (Å²) >= 11 is 0.